The molecule has 2 heterocycles. The van der Waals surface area contributed by atoms with E-state index in [1.807, 2.05) is 17.4 Å². The summed E-state index contributed by atoms with van der Waals surface area (Å²) in [5.74, 6) is 0.553. The molecule has 0 aliphatic heterocycles. The molecule has 1 N–H and O–H groups in total. The second-order valence-electron chi connectivity index (χ2n) is 5.45. The van der Waals surface area contributed by atoms with Crippen molar-refractivity contribution >= 4 is 44.4 Å². The molecule has 1 aromatic carbocycles. The minimum absolute atomic E-state index is 0.381. The molecule has 0 radical (unpaired) electrons. The fourth-order valence-electron chi connectivity index (χ4n) is 2.51. The molecule has 3 rings (SSSR count). The Balaban J connectivity index is 1.80. The summed E-state index contributed by atoms with van der Waals surface area (Å²) in [4.78, 5) is 2.61. The van der Waals surface area contributed by atoms with Gasteiger partial charge in [0.25, 0.3) is 0 Å². The lowest BCUT2D eigenvalue weighted by Gasteiger charge is -2.21. The molecule has 0 saturated carbocycles. The van der Waals surface area contributed by atoms with Crippen LogP contribution in [0.25, 0.3) is 10.1 Å². The molecular formula is C17H18ClNS2. The smallest absolute Gasteiger partial charge is 0.0636 e. The van der Waals surface area contributed by atoms with E-state index in [-0.39, 0.29) is 0 Å². The van der Waals surface area contributed by atoms with Gasteiger partial charge in [-0.1, -0.05) is 49.7 Å². The molecule has 0 fully saturated rings. The molecular weight excluding hydrogens is 318 g/mol. The zero-order valence-corrected chi connectivity index (χ0v) is 14.5. The lowest BCUT2D eigenvalue weighted by Crippen LogP contribution is -2.24. The summed E-state index contributed by atoms with van der Waals surface area (Å²) in [6.45, 7) is 5.33. The van der Waals surface area contributed by atoms with Crippen molar-refractivity contribution < 1.29 is 0 Å². The summed E-state index contributed by atoms with van der Waals surface area (Å²) < 4.78 is 1.26. The zero-order valence-electron chi connectivity index (χ0n) is 12.1. The summed E-state index contributed by atoms with van der Waals surface area (Å²) in [7, 11) is 0. The van der Waals surface area contributed by atoms with Crippen LogP contribution in [0.3, 0.4) is 0 Å². The Labute approximate surface area is 138 Å². The van der Waals surface area contributed by atoms with Crippen LogP contribution in [-0.4, -0.2) is 0 Å². The van der Waals surface area contributed by atoms with Crippen LogP contribution in [0, 0.1) is 5.92 Å². The van der Waals surface area contributed by atoms with Crippen LogP contribution in [0.1, 0.15) is 29.6 Å². The van der Waals surface area contributed by atoms with Crippen molar-refractivity contribution in [2.75, 3.05) is 0 Å². The van der Waals surface area contributed by atoms with Gasteiger partial charge in [-0.05, 0) is 23.4 Å². The van der Waals surface area contributed by atoms with Crippen molar-refractivity contribution in [3.05, 3.63) is 56.6 Å². The molecule has 110 valence electrons. The summed E-state index contributed by atoms with van der Waals surface area (Å²) >= 11 is 10.1. The standard InChI is InChI=1S/C17H18ClNS2/c1-11(2)17(14-8-5-9-20-14)19-10-15-16(18)12-6-3-4-7-13(12)21-15/h3-9,11,17,19H,10H2,1-2H3. The van der Waals surface area contributed by atoms with E-state index < -0.39 is 0 Å². The van der Waals surface area contributed by atoms with Crippen molar-refractivity contribution in [3.8, 4) is 0 Å². The molecule has 3 aromatic rings. The number of nitrogens with one attached hydrogen (secondary N) is 1. The first-order chi connectivity index (χ1) is 10.2. The summed E-state index contributed by atoms with van der Waals surface area (Å²) in [6, 6.07) is 13.0. The minimum Gasteiger partial charge on any atom is -0.304 e. The fraction of sp³-hybridized carbons (Fsp3) is 0.294. The summed E-state index contributed by atoms with van der Waals surface area (Å²) in [5.41, 5.74) is 0. The number of benzene rings is 1. The first kappa shape index (κ1) is 15.0. The van der Waals surface area contributed by atoms with Crippen molar-refractivity contribution in [2.45, 2.75) is 26.4 Å². The number of hydrogen-bond acceptors (Lipinski definition) is 3. The van der Waals surface area contributed by atoms with Gasteiger partial charge in [0.1, 0.15) is 0 Å². The van der Waals surface area contributed by atoms with Crippen molar-refractivity contribution in [1.82, 2.24) is 5.32 Å². The topological polar surface area (TPSA) is 12.0 Å². The molecule has 0 aliphatic rings. The third-order valence-corrected chi connectivity index (χ3v) is 6.27. The zero-order chi connectivity index (χ0) is 14.8. The van der Waals surface area contributed by atoms with Crippen molar-refractivity contribution in [3.63, 3.8) is 0 Å². The maximum Gasteiger partial charge on any atom is 0.0636 e. The molecule has 1 nitrogen and oxygen atoms in total. The van der Waals surface area contributed by atoms with Gasteiger partial charge in [0, 0.05) is 32.4 Å². The summed E-state index contributed by atoms with van der Waals surface area (Å²) in [6.07, 6.45) is 0. The van der Waals surface area contributed by atoms with Crippen LogP contribution in [0.4, 0.5) is 0 Å². The van der Waals surface area contributed by atoms with Gasteiger partial charge in [-0.2, -0.15) is 0 Å². The van der Waals surface area contributed by atoms with Crippen molar-refractivity contribution in [2.24, 2.45) is 5.92 Å². The van der Waals surface area contributed by atoms with E-state index in [1.165, 1.54) is 14.5 Å². The van der Waals surface area contributed by atoms with Gasteiger partial charge in [-0.15, -0.1) is 22.7 Å². The van der Waals surface area contributed by atoms with Crippen molar-refractivity contribution in [1.29, 1.82) is 0 Å². The number of halogens is 1. The van der Waals surface area contributed by atoms with Gasteiger partial charge in [0.2, 0.25) is 0 Å². The highest BCUT2D eigenvalue weighted by Gasteiger charge is 2.18. The van der Waals surface area contributed by atoms with Gasteiger partial charge < -0.3 is 5.32 Å². The van der Waals surface area contributed by atoms with E-state index in [4.69, 9.17) is 11.6 Å². The molecule has 21 heavy (non-hydrogen) atoms. The van der Waals surface area contributed by atoms with Crippen LogP contribution in [0.5, 0.6) is 0 Å². The maximum absolute atomic E-state index is 6.52. The van der Waals surface area contributed by atoms with E-state index in [0.717, 1.165) is 17.0 Å². The Kier molecular flexibility index (Phi) is 4.65. The fourth-order valence-corrected chi connectivity index (χ4v) is 4.94. The molecule has 0 saturated heterocycles. The number of hydrogen-bond donors (Lipinski definition) is 1. The summed E-state index contributed by atoms with van der Waals surface area (Å²) in [5, 5.41) is 7.88. The molecule has 1 atom stereocenters. The average molecular weight is 336 g/mol. The Hall–Kier alpha value is -0.870. The highest BCUT2D eigenvalue weighted by atomic mass is 35.5. The number of fused-ring (bicyclic) bond motifs is 1. The van der Waals surface area contributed by atoms with Gasteiger partial charge in [-0.3, -0.25) is 0 Å². The molecule has 2 aromatic heterocycles. The third-order valence-electron chi connectivity index (χ3n) is 3.60. The van der Waals surface area contributed by atoms with E-state index in [0.29, 0.717) is 12.0 Å². The predicted molar refractivity (Wildman–Crippen MR) is 95.6 cm³/mol. The first-order valence-corrected chi connectivity index (χ1v) is 9.17. The second-order valence-corrected chi connectivity index (χ2v) is 7.95. The molecule has 0 spiro atoms. The molecule has 0 aliphatic carbocycles. The largest absolute Gasteiger partial charge is 0.304 e. The van der Waals surface area contributed by atoms with Crippen LogP contribution in [0.15, 0.2) is 41.8 Å². The number of thiophene rings is 2. The van der Waals surface area contributed by atoms with E-state index in [2.05, 4.69) is 54.9 Å². The van der Waals surface area contributed by atoms with Crippen LogP contribution in [0.2, 0.25) is 5.02 Å². The molecule has 4 heteroatoms. The third kappa shape index (κ3) is 3.16. The highest BCUT2D eigenvalue weighted by molar-refractivity contribution is 7.19. The Bertz CT molecular complexity index is 716. The lowest BCUT2D eigenvalue weighted by molar-refractivity contribution is 0.418. The molecule has 1 unspecified atom stereocenters. The van der Waals surface area contributed by atoms with Gasteiger partial charge in [-0.25, -0.2) is 0 Å². The lowest BCUT2D eigenvalue weighted by atomic mass is 10.0. The Morgan fingerprint density at radius 1 is 1.14 bits per heavy atom. The van der Waals surface area contributed by atoms with Crippen LogP contribution >= 0.6 is 34.3 Å². The van der Waals surface area contributed by atoms with Gasteiger partial charge >= 0.3 is 0 Å². The Morgan fingerprint density at radius 2 is 1.95 bits per heavy atom. The first-order valence-electron chi connectivity index (χ1n) is 7.09. The SMILES string of the molecule is CC(C)C(NCc1sc2ccccc2c1Cl)c1cccs1. The molecule has 0 amide bonds. The monoisotopic (exact) mass is 335 g/mol. The van der Waals surface area contributed by atoms with Crippen LogP contribution < -0.4 is 5.32 Å². The van der Waals surface area contributed by atoms with Gasteiger partial charge in [0.05, 0.1) is 5.02 Å². The quantitative estimate of drug-likeness (QED) is 0.593. The average Bonchev–Trinajstić information content (AvgIpc) is 3.09. The minimum atomic E-state index is 0.381. The van der Waals surface area contributed by atoms with E-state index in [1.54, 1.807) is 11.3 Å². The molecule has 0 bridgehead atoms. The van der Waals surface area contributed by atoms with Gasteiger partial charge in [0.15, 0.2) is 0 Å². The van der Waals surface area contributed by atoms with Crippen LogP contribution in [-0.2, 0) is 6.54 Å². The predicted octanol–water partition coefficient (Wildman–Crippen LogP) is 6.10. The van der Waals surface area contributed by atoms with E-state index >= 15 is 0 Å². The van der Waals surface area contributed by atoms with E-state index in [9.17, 15) is 0 Å². The highest BCUT2D eigenvalue weighted by Crippen LogP contribution is 2.36. The normalized spacial score (nSPS) is 13.1. The number of rotatable bonds is 5. The second kappa shape index (κ2) is 6.49. The maximum atomic E-state index is 6.52. The Morgan fingerprint density at radius 3 is 2.62 bits per heavy atom.